The molecule has 9 heteroatoms. The summed E-state index contributed by atoms with van der Waals surface area (Å²) in [5.41, 5.74) is 7.27. The Morgan fingerprint density at radius 1 is 1.15 bits per heavy atom. The molecule has 1 atom stereocenters. The highest BCUT2D eigenvalue weighted by Crippen LogP contribution is 2.43. The quantitative estimate of drug-likeness (QED) is 0.241. The van der Waals surface area contributed by atoms with Gasteiger partial charge in [0.15, 0.2) is 5.69 Å². The number of nitrogens with zero attached hydrogens (tertiary/aromatic N) is 1. The number of carbonyl (C=O) groups is 2. The summed E-state index contributed by atoms with van der Waals surface area (Å²) in [4.78, 5) is 30.5. The molecule has 0 fully saturated rings. The largest absolute Gasteiger partial charge is 0.496 e. The van der Waals surface area contributed by atoms with Gasteiger partial charge in [0.2, 0.25) is 0 Å². The number of hydrogen-bond donors (Lipinski definition) is 1. The van der Waals surface area contributed by atoms with Crippen LogP contribution in [0.1, 0.15) is 55.7 Å². The van der Waals surface area contributed by atoms with Gasteiger partial charge in [-0.25, -0.2) is 9.78 Å². The Bertz CT molecular complexity index is 1490. The fourth-order valence-corrected chi connectivity index (χ4v) is 6.52. The van der Waals surface area contributed by atoms with Crippen LogP contribution in [-0.4, -0.2) is 34.8 Å². The Labute approximate surface area is 236 Å². The average Bonchev–Trinajstić information content (AvgIpc) is 3.58. The van der Waals surface area contributed by atoms with Crippen molar-refractivity contribution in [2.75, 3.05) is 12.4 Å². The van der Waals surface area contributed by atoms with Crippen LogP contribution in [0.5, 0.6) is 11.5 Å². The molecule has 7 nitrogen and oxygen atoms in total. The zero-order valence-corrected chi connectivity index (χ0v) is 24.1. The first-order chi connectivity index (χ1) is 18.6. The van der Waals surface area contributed by atoms with Gasteiger partial charge >= 0.3 is 11.9 Å². The van der Waals surface area contributed by atoms with Gasteiger partial charge in [-0.1, -0.05) is 18.2 Å². The van der Waals surface area contributed by atoms with Crippen LogP contribution in [0, 0.1) is 0 Å². The summed E-state index contributed by atoms with van der Waals surface area (Å²) < 4.78 is 17.2. The van der Waals surface area contributed by atoms with Crippen molar-refractivity contribution in [3.05, 3.63) is 75.1 Å². The molecule has 0 bridgehead atoms. The zero-order valence-electron chi connectivity index (χ0n) is 22.5. The van der Waals surface area contributed by atoms with Crippen molar-refractivity contribution < 1.29 is 23.8 Å². The number of aromatic nitrogens is 1. The second-order valence-corrected chi connectivity index (χ2v) is 12.2. The summed E-state index contributed by atoms with van der Waals surface area (Å²) in [6.45, 7) is 8.44. The highest BCUT2D eigenvalue weighted by Gasteiger charge is 2.29. The van der Waals surface area contributed by atoms with Crippen molar-refractivity contribution in [2.45, 2.75) is 51.5 Å². The third-order valence-electron chi connectivity index (χ3n) is 6.63. The number of rotatable bonds is 7. The second kappa shape index (κ2) is 10.9. The minimum atomic E-state index is -0.531. The third kappa shape index (κ3) is 5.74. The van der Waals surface area contributed by atoms with Crippen LogP contribution in [0.4, 0.5) is 5.69 Å². The first kappa shape index (κ1) is 27.0. The molecule has 1 aromatic heterocycles. The van der Waals surface area contributed by atoms with E-state index in [1.165, 1.54) is 11.3 Å². The summed E-state index contributed by atoms with van der Waals surface area (Å²) in [6, 6.07) is 9.32. The lowest BCUT2D eigenvalue weighted by molar-refractivity contribution is -0.144. The van der Waals surface area contributed by atoms with Gasteiger partial charge in [-0.05, 0) is 68.4 Å². The van der Waals surface area contributed by atoms with Crippen molar-refractivity contribution >= 4 is 46.3 Å². The van der Waals surface area contributed by atoms with E-state index in [0.717, 1.165) is 38.4 Å². The van der Waals surface area contributed by atoms with E-state index in [-0.39, 0.29) is 29.1 Å². The van der Waals surface area contributed by atoms with Gasteiger partial charge < -0.3 is 19.5 Å². The molecule has 39 heavy (non-hydrogen) atoms. The van der Waals surface area contributed by atoms with Gasteiger partial charge in [0.05, 0.1) is 18.2 Å². The van der Waals surface area contributed by atoms with E-state index in [9.17, 15) is 9.59 Å². The van der Waals surface area contributed by atoms with Crippen LogP contribution in [0.15, 0.2) is 58.3 Å². The number of nitrogens with one attached hydrogen (secondary N) is 1. The maximum atomic E-state index is 12.9. The summed E-state index contributed by atoms with van der Waals surface area (Å²) in [6.07, 6.45) is 4.93. The fraction of sp³-hybridized carbons (Fsp3) is 0.300. The second-order valence-electron chi connectivity index (χ2n) is 10.1. The van der Waals surface area contributed by atoms with Gasteiger partial charge in [0.25, 0.3) is 0 Å². The summed E-state index contributed by atoms with van der Waals surface area (Å²) >= 11 is 2.87. The number of hydrogen-bond acceptors (Lipinski definition) is 9. The monoisotopic (exact) mass is 562 g/mol. The molecule has 1 unspecified atom stereocenters. The Kier molecular flexibility index (Phi) is 7.55. The van der Waals surface area contributed by atoms with E-state index in [2.05, 4.69) is 43.2 Å². The highest BCUT2D eigenvalue weighted by molar-refractivity contribution is 8.04. The van der Waals surface area contributed by atoms with Crippen molar-refractivity contribution in [1.29, 1.82) is 0 Å². The minimum absolute atomic E-state index is 0.116. The Morgan fingerprint density at radius 2 is 1.95 bits per heavy atom. The molecule has 0 aliphatic carbocycles. The first-order valence-corrected chi connectivity index (χ1v) is 14.4. The van der Waals surface area contributed by atoms with E-state index < -0.39 is 5.97 Å². The standard InChI is InChI=1S/C30H30N2O5S2/c1-17-13-30(3,4)32-23-10-9-20(22(27(17)23)14-36-29(34)26-11-6-18(2)39-26)21-8-7-19(12-25(21)35-5)37-28(33)24-15-38-16-31-24/h6-10,12-13,15-16,26,32H,11,14H2,1-5H3. The molecule has 1 N–H and O–H groups in total. The number of esters is 2. The van der Waals surface area contributed by atoms with E-state index in [0.29, 0.717) is 17.9 Å². The number of allylic oxidation sites excluding steroid dienone is 3. The number of benzene rings is 2. The number of carbonyl (C=O) groups excluding carboxylic acids is 2. The number of methoxy groups -OCH3 is 1. The number of thioether (sulfide) groups is 1. The van der Waals surface area contributed by atoms with Crippen molar-refractivity contribution in [3.8, 4) is 22.6 Å². The van der Waals surface area contributed by atoms with Gasteiger partial charge in [0.1, 0.15) is 23.4 Å². The number of ether oxygens (including phenoxy) is 3. The Balaban J connectivity index is 1.51. The molecule has 0 saturated heterocycles. The molecule has 0 spiro atoms. The van der Waals surface area contributed by atoms with E-state index >= 15 is 0 Å². The van der Waals surface area contributed by atoms with Crippen molar-refractivity contribution in [2.24, 2.45) is 0 Å². The van der Waals surface area contributed by atoms with Gasteiger partial charge in [-0.15, -0.1) is 23.1 Å². The topological polar surface area (TPSA) is 86.8 Å². The number of fused-ring (bicyclic) bond motifs is 1. The lowest BCUT2D eigenvalue weighted by Gasteiger charge is -2.33. The molecule has 5 rings (SSSR count). The molecular formula is C30H30N2O5S2. The molecule has 202 valence electrons. The lowest BCUT2D eigenvalue weighted by atomic mass is 9.85. The molecule has 0 saturated carbocycles. The third-order valence-corrected chi connectivity index (χ3v) is 8.42. The van der Waals surface area contributed by atoms with Gasteiger partial charge in [0, 0.05) is 33.8 Å². The first-order valence-electron chi connectivity index (χ1n) is 12.6. The molecule has 2 aliphatic rings. The lowest BCUT2D eigenvalue weighted by Crippen LogP contribution is -2.32. The van der Waals surface area contributed by atoms with E-state index in [4.69, 9.17) is 14.2 Å². The maximum Gasteiger partial charge on any atom is 0.363 e. The number of thiazole rings is 1. The van der Waals surface area contributed by atoms with E-state index in [1.54, 1.807) is 41.9 Å². The SMILES string of the molecule is COc1cc(OC(=O)c2cscn2)ccc1-c1ccc2c(c1COC(=O)C1CC=C(C)S1)C(C)=CC(C)(C)N2. The van der Waals surface area contributed by atoms with Crippen LogP contribution in [-0.2, 0) is 16.1 Å². The molecular weight excluding hydrogens is 532 g/mol. The normalized spacial score (nSPS) is 17.4. The molecule has 0 amide bonds. The number of anilines is 1. The molecule has 2 aromatic carbocycles. The predicted octanol–water partition coefficient (Wildman–Crippen LogP) is 7.10. The van der Waals surface area contributed by atoms with Crippen molar-refractivity contribution in [3.63, 3.8) is 0 Å². The predicted molar refractivity (Wildman–Crippen MR) is 156 cm³/mol. The molecule has 2 aliphatic heterocycles. The average molecular weight is 563 g/mol. The van der Waals surface area contributed by atoms with Gasteiger partial charge in [-0.2, -0.15) is 0 Å². The fourth-order valence-electron chi connectivity index (χ4n) is 5.01. The van der Waals surface area contributed by atoms with Crippen LogP contribution in [0.2, 0.25) is 0 Å². The molecule has 0 radical (unpaired) electrons. The van der Waals surface area contributed by atoms with Crippen LogP contribution in [0.3, 0.4) is 0 Å². The minimum Gasteiger partial charge on any atom is -0.496 e. The van der Waals surface area contributed by atoms with Crippen LogP contribution >= 0.6 is 23.1 Å². The molecule has 3 heterocycles. The summed E-state index contributed by atoms with van der Waals surface area (Å²) in [7, 11) is 1.57. The summed E-state index contributed by atoms with van der Waals surface area (Å²) in [5, 5.41) is 5.00. The summed E-state index contributed by atoms with van der Waals surface area (Å²) in [5.74, 6) is 0.123. The maximum absolute atomic E-state index is 12.9. The Hall–Kier alpha value is -3.56. The molecule has 3 aromatic rings. The zero-order chi connectivity index (χ0) is 27.7. The van der Waals surface area contributed by atoms with Gasteiger partial charge in [-0.3, -0.25) is 4.79 Å². The van der Waals surface area contributed by atoms with Crippen molar-refractivity contribution in [1.82, 2.24) is 4.98 Å². The Morgan fingerprint density at radius 3 is 2.64 bits per heavy atom. The smallest absolute Gasteiger partial charge is 0.363 e. The van der Waals surface area contributed by atoms with E-state index in [1.807, 2.05) is 25.1 Å². The van der Waals surface area contributed by atoms with Crippen LogP contribution in [0.25, 0.3) is 16.7 Å². The highest BCUT2D eigenvalue weighted by atomic mass is 32.2. The van der Waals surface area contributed by atoms with Crippen LogP contribution < -0.4 is 14.8 Å².